The lowest BCUT2D eigenvalue weighted by atomic mass is 10.2. The van der Waals surface area contributed by atoms with Crippen molar-refractivity contribution in [3.8, 4) is 0 Å². The predicted octanol–water partition coefficient (Wildman–Crippen LogP) is 2.44. The summed E-state index contributed by atoms with van der Waals surface area (Å²) in [4.78, 5) is 12.7. The molecule has 1 N–H and O–H groups in total. The first kappa shape index (κ1) is 11.5. The quantitative estimate of drug-likeness (QED) is 0.854. The van der Waals surface area contributed by atoms with Crippen LogP contribution in [0.2, 0.25) is 0 Å². The van der Waals surface area contributed by atoms with E-state index in [9.17, 15) is 0 Å². The Labute approximate surface area is 101 Å². The van der Waals surface area contributed by atoms with E-state index in [0.717, 1.165) is 36.5 Å². The van der Waals surface area contributed by atoms with Crippen molar-refractivity contribution >= 4 is 5.82 Å². The van der Waals surface area contributed by atoms with Crippen molar-refractivity contribution in [1.29, 1.82) is 0 Å². The maximum absolute atomic E-state index is 4.48. The van der Waals surface area contributed by atoms with Crippen molar-refractivity contribution in [3.05, 3.63) is 48.2 Å². The second-order valence-corrected chi connectivity index (χ2v) is 3.86. The molecule has 0 unspecified atom stereocenters. The summed E-state index contributed by atoms with van der Waals surface area (Å²) in [5.41, 5.74) is 2.17. The van der Waals surface area contributed by atoms with Gasteiger partial charge in [0.2, 0.25) is 0 Å². The van der Waals surface area contributed by atoms with Gasteiger partial charge in [0, 0.05) is 25.1 Å². The fraction of sp³-hybridized carbons (Fsp3) is 0.308. The molecule has 2 heterocycles. The molecule has 0 fully saturated rings. The molecule has 2 aromatic heterocycles. The van der Waals surface area contributed by atoms with Crippen molar-refractivity contribution in [3.63, 3.8) is 0 Å². The van der Waals surface area contributed by atoms with E-state index < -0.39 is 0 Å². The molecule has 88 valence electrons. The normalized spacial score (nSPS) is 10.2. The third-order valence-electron chi connectivity index (χ3n) is 2.39. The third-order valence-corrected chi connectivity index (χ3v) is 2.39. The number of hydrogen-bond donors (Lipinski definition) is 1. The molecular weight excluding hydrogens is 212 g/mol. The Morgan fingerprint density at radius 1 is 1.18 bits per heavy atom. The van der Waals surface area contributed by atoms with Crippen LogP contribution in [0.15, 0.2) is 36.9 Å². The summed E-state index contributed by atoms with van der Waals surface area (Å²) < 4.78 is 0. The van der Waals surface area contributed by atoms with Crippen LogP contribution < -0.4 is 5.32 Å². The van der Waals surface area contributed by atoms with Gasteiger partial charge in [0.05, 0.1) is 11.9 Å². The van der Waals surface area contributed by atoms with Crippen molar-refractivity contribution in [2.24, 2.45) is 0 Å². The lowest BCUT2D eigenvalue weighted by Gasteiger charge is -2.06. The molecule has 2 rings (SSSR count). The molecule has 0 spiro atoms. The van der Waals surface area contributed by atoms with Gasteiger partial charge in [0.25, 0.3) is 0 Å². The molecule has 0 saturated carbocycles. The third kappa shape index (κ3) is 3.52. The number of aryl methyl sites for hydroxylation is 1. The summed E-state index contributed by atoms with van der Waals surface area (Å²) in [6.07, 6.45) is 9.23. The molecule has 17 heavy (non-hydrogen) atoms. The Balaban J connectivity index is 1.97. The number of rotatable bonds is 5. The Bertz CT molecular complexity index is 456. The van der Waals surface area contributed by atoms with Crippen LogP contribution in [-0.4, -0.2) is 15.0 Å². The van der Waals surface area contributed by atoms with Crippen LogP contribution in [0.1, 0.15) is 24.6 Å². The molecule has 0 aliphatic rings. The van der Waals surface area contributed by atoms with E-state index in [1.807, 2.05) is 24.5 Å². The number of nitrogens with one attached hydrogen (secondary N) is 1. The summed E-state index contributed by atoms with van der Waals surface area (Å²) in [6.45, 7) is 2.86. The second kappa shape index (κ2) is 5.94. The van der Waals surface area contributed by atoms with E-state index in [-0.39, 0.29) is 0 Å². The second-order valence-electron chi connectivity index (χ2n) is 3.86. The number of anilines is 1. The van der Waals surface area contributed by atoms with E-state index in [0.29, 0.717) is 0 Å². The maximum atomic E-state index is 4.48. The topological polar surface area (TPSA) is 50.7 Å². The predicted molar refractivity (Wildman–Crippen MR) is 67.6 cm³/mol. The van der Waals surface area contributed by atoms with Crippen LogP contribution >= 0.6 is 0 Å². The Morgan fingerprint density at radius 2 is 2.12 bits per heavy atom. The summed E-state index contributed by atoms with van der Waals surface area (Å²) in [6, 6.07) is 3.96. The molecule has 4 heteroatoms. The molecular formula is C13H16N4. The van der Waals surface area contributed by atoms with Gasteiger partial charge in [-0.1, -0.05) is 19.4 Å². The first-order valence-corrected chi connectivity index (χ1v) is 5.82. The minimum atomic E-state index is 0.720. The van der Waals surface area contributed by atoms with Gasteiger partial charge in [-0.05, 0) is 18.1 Å². The molecule has 4 nitrogen and oxygen atoms in total. The van der Waals surface area contributed by atoms with Crippen molar-refractivity contribution in [2.75, 3.05) is 5.32 Å². The van der Waals surface area contributed by atoms with Crippen molar-refractivity contribution in [2.45, 2.75) is 26.3 Å². The molecule has 2 aromatic rings. The lowest BCUT2D eigenvalue weighted by molar-refractivity contribution is 0.869. The zero-order valence-electron chi connectivity index (χ0n) is 9.93. The van der Waals surface area contributed by atoms with Crippen LogP contribution in [0.4, 0.5) is 5.82 Å². The maximum Gasteiger partial charge on any atom is 0.145 e. The molecule has 0 saturated heterocycles. The van der Waals surface area contributed by atoms with Gasteiger partial charge in [-0.15, -0.1) is 0 Å². The molecule has 0 amide bonds. The highest BCUT2D eigenvalue weighted by molar-refractivity contribution is 5.33. The summed E-state index contributed by atoms with van der Waals surface area (Å²) in [5, 5.41) is 3.25. The van der Waals surface area contributed by atoms with Gasteiger partial charge in [0.15, 0.2) is 0 Å². The van der Waals surface area contributed by atoms with Crippen molar-refractivity contribution in [1.82, 2.24) is 15.0 Å². The average molecular weight is 228 g/mol. The van der Waals surface area contributed by atoms with E-state index in [1.54, 1.807) is 12.4 Å². The largest absolute Gasteiger partial charge is 0.365 e. The van der Waals surface area contributed by atoms with Gasteiger partial charge in [-0.25, -0.2) is 4.98 Å². The fourth-order valence-corrected chi connectivity index (χ4v) is 1.56. The van der Waals surface area contributed by atoms with Gasteiger partial charge in [-0.3, -0.25) is 9.97 Å². The Morgan fingerprint density at radius 3 is 2.88 bits per heavy atom. The minimum absolute atomic E-state index is 0.720. The molecule has 0 atom stereocenters. The zero-order chi connectivity index (χ0) is 11.9. The van der Waals surface area contributed by atoms with Gasteiger partial charge in [0.1, 0.15) is 5.82 Å². The molecule has 0 aliphatic heterocycles. The monoisotopic (exact) mass is 228 g/mol. The first-order valence-electron chi connectivity index (χ1n) is 5.82. The van der Waals surface area contributed by atoms with Crippen LogP contribution in [-0.2, 0) is 13.0 Å². The Hall–Kier alpha value is -1.97. The number of nitrogens with zero attached hydrogens (tertiary/aromatic N) is 3. The standard InChI is InChI=1S/C13H16N4/c1-2-4-12-9-15-10-13(17-12)16-8-11-5-3-6-14-7-11/h3,5-7,9-10H,2,4,8H2,1H3,(H,16,17). The number of hydrogen-bond acceptors (Lipinski definition) is 4. The highest BCUT2D eigenvalue weighted by atomic mass is 15.0. The number of pyridine rings is 1. The minimum Gasteiger partial charge on any atom is -0.365 e. The number of aromatic nitrogens is 3. The smallest absolute Gasteiger partial charge is 0.145 e. The summed E-state index contributed by atoms with van der Waals surface area (Å²) >= 11 is 0. The zero-order valence-corrected chi connectivity index (χ0v) is 9.93. The van der Waals surface area contributed by atoms with E-state index in [4.69, 9.17) is 0 Å². The van der Waals surface area contributed by atoms with Crippen LogP contribution in [0.3, 0.4) is 0 Å². The van der Waals surface area contributed by atoms with Crippen LogP contribution in [0.5, 0.6) is 0 Å². The average Bonchev–Trinajstić information content (AvgIpc) is 2.39. The van der Waals surface area contributed by atoms with Crippen LogP contribution in [0, 0.1) is 0 Å². The van der Waals surface area contributed by atoms with E-state index in [2.05, 4.69) is 27.2 Å². The van der Waals surface area contributed by atoms with Gasteiger partial charge >= 0.3 is 0 Å². The van der Waals surface area contributed by atoms with Crippen LogP contribution in [0.25, 0.3) is 0 Å². The van der Waals surface area contributed by atoms with Gasteiger partial charge < -0.3 is 5.32 Å². The first-order chi connectivity index (χ1) is 8.38. The van der Waals surface area contributed by atoms with E-state index >= 15 is 0 Å². The Kier molecular flexibility index (Phi) is 4.02. The van der Waals surface area contributed by atoms with E-state index in [1.165, 1.54) is 0 Å². The summed E-state index contributed by atoms with van der Waals surface area (Å²) in [5.74, 6) is 0.819. The molecule has 0 radical (unpaired) electrons. The van der Waals surface area contributed by atoms with Gasteiger partial charge in [-0.2, -0.15) is 0 Å². The fourth-order valence-electron chi connectivity index (χ4n) is 1.56. The lowest BCUT2D eigenvalue weighted by Crippen LogP contribution is -2.03. The van der Waals surface area contributed by atoms with Crippen molar-refractivity contribution < 1.29 is 0 Å². The molecule has 0 aliphatic carbocycles. The highest BCUT2D eigenvalue weighted by Gasteiger charge is 1.98. The summed E-state index contributed by atoms with van der Waals surface area (Å²) in [7, 11) is 0. The molecule has 0 bridgehead atoms. The SMILES string of the molecule is CCCc1cncc(NCc2cccnc2)n1. The highest BCUT2D eigenvalue weighted by Crippen LogP contribution is 2.06. The molecule has 0 aromatic carbocycles.